The van der Waals surface area contributed by atoms with Gasteiger partial charge in [-0.1, -0.05) is 0 Å². The SMILES string of the molecule is C1COCC2(C1)CNC2. The highest BCUT2D eigenvalue weighted by Gasteiger charge is 2.38. The summed E-state index contributed by atoms with van der Waals surface area (Å²) in [6.07, 6.45) is 2.64. The third kappa shape index (κ3) is 0.864. The highest BCUT2D eigenvalue weighted by atomic mass is 16.5. The first kappa shape index (κ1) is 5.69. The van der Waals surface area contributed by atoms with E-state index in [2.05, 4.69) is 5.32 Å². The summed E-state index contributed by atoms with van der Waals surface area (Å²) in [6.45, 7) is 4.36. The molecule has 0 aromatic rings. The molecule has 0 unspecified atom stereocenters. The van der Waals surface area contributed by atoms with Crippen molar-refractivity contribution < 1.29 is 4.74 Å². The van der Waals surface area contributed by atoms with Crippen LogP contribution in [0.1, 0.15) is 12.8 Å². The van der Waals surface area contributed by atoms with Crippen LogP contribution in [0.15, 0.2) is 0 Å². The van der Waals surface area contributed by atoms with Gasteiger partial charge >= 0.3 is 0 Å². The van der Waals surface area contributed by atoms with E-state index < -0.39 is 0 Å². The van der Waals surface area contributed by atoms with Crippen LogP contribution < -0.4 is 5.32 Å². The van der Waals surface area contributed by atoms with E-state index in [9.17, 15) is 0 Å². The Balaban J connectivity index is 1.93. The molecule has 2 aliphatic rings. The Bertz CT molecular complexity index is 101. The second-order valence-corrected chi connectivity index (χ2v) is 3.26. The standard InChI is InChI=1S/C7H13NO/c1-2-7(4-8-5-7)6-9-3-1/h8H,1-6H2. The summed E-state index contributed by atoms with van der Waals surface area (Å²) in [5.41, 5.74) is 0.568. The molecule has 1 N–H and O–H groups in total. The summed E-state index contributed by atoms with van der Waals surface area (Å²) in [6, 6.07) is 0. The van der Waals surface area contributed by atoms with E-state index in [1.54, 1.807) is 0 Å². The van der Waals surface area contributed by atoms with Gasteiger partial charge in [-0.3, -0.25) is 0 Å². The summed E-state index contributed by atoms with van der Waals surface area (Å²) >= 11 is 0. The first-order valence-corrected chi connectivity index (χ1v) is 3.70. The highest BCUT2D eigenvalue weighted by molar-refractivity contribution is 4.93. The molecule has 2 rings (SSSR count). The fourth-order valence-electron chi connectivity index (χ4n) is 1.67. The maximum atomic E-state index is 5.39. The summed E-state index contributed by atoms with van der Waals surface area (Å²) in [7, 11) is 0. The Morgan fingerprint density at radius 3 is 2.56 bits per heavy atom. The molecular formula is C7H13NO. The van der Waals surface area contributed by atoms with E-state index in [0.29, 0.717) is 5.41 Å². The van der Waals surface area contributed by atoms with Crippen molar-refractivity contribution in [2.75, 3.05) is 26.3 Å². The second kappa shape index (κ2) is 1.96. The fourth-order valence-corrected chi connectivity index (χ4v) is 1.67. The minimum atomic E-state index is 0.568. The Morgan fingerprint density at radius 2 is 2.22 bits per heavy atom. The molecule has 2 aliphatic heterocycles. The van der Waals surface area contributed by atoms with Gasteiger partial charge in [-0.25, -0.2) is 0 Å². The molecule has 0 radical (unpaired) electrons. The van der Waals surface area contributed by atoms with E-state index >= 15 is 0 Å². The Hall–Kier alpha value is -0.0800. The minimum absolute atomic E-state index is 0.568. The van der Waals surface area contributed by atoms with Crippen LogP contribution in [0.3, 0.4) is 0 Å². The van der Waals surface area contributed by atoms with Gasteiger partial charge in [0.1, 0.15) is 0 Å². The lowest BCUT2D eigenvalue weighted by molar-refractivity contribution is -0.0366. The minimum Gasteiger partial charge on any atom is -0.381 e. The molecule has 0 saturated carbocycles. The second-order valence-electron chi connectivity index (χ2n) is 3.26. The largest absolute Gasteiger partial charge is 0.381 e. The molecule has 0 bridgehead atoms. The molecule has 1 spiro atoms. The number of rotatable bonds is 0. The normalized spacial score (nSPS) is 32.0. The number of hydrogen-bond acceptors (Lipinski definition) is 2. The molecule has 52 valence electrons. The predicted molar refractivity (Wildman–Crippen MR) is 35.4 cm³/mol. The molecule has 0 aromatic heterocycles. The Kier molecular flexibility index (Phi) is 1.24. The van der Waals surface area contributed by atoms with Crippen molar-refractivity contribution in [3.05, 3.63) is 0 Å². The molecule has 2 heterocycles. The maximum Gasteiger partial charge on any atom is 0.0546 e. The number of ether oxygens (including phenoxy) is 1. The molecule has 0 amide bonds. The molecule has 2 saturated heterocycles. The molecular weight excluding hydrogens is 114 g/mol. The van der Waals surface area contributed by atoms with Crippen LogP contribution in [0.4, 0.5) is 0 Å². The molecule has 0 aliphatic carbocycles. The summed E-state index contributed by atoms with van der Waals surface area (Å²) < 4.78 is 5.39. The van der Waals surface area contributed by atoms with Crippen molar-refractivity contribution in [1.29, 1.82) is 0 Å². The van der Waals surface area contributed by atoms with Gasteiger partial charge in [0.15, 0.2) is 0 Å². The van der Waals surface area contributed by atoms with Crippen molar-refractivity contribution in [3.63, 3.8) is 0 Å². The average molecular weight is 127 g/mol. The topological polar surface area (TPSA) is 21.3 Å². The highest BCUT2D eigenvalue weighted by Crippen LogP contribution is 2.31. The molecule has 2 heteroatoms. The van der Waals surface area contributed by atoms with Gasteiger partial charge in [-0.05, 0) is 12.8 Å². The van der Waals surface area contributed by atoms with E-state index in [-0.39, 0.29) is 0 Å². The monoisotopic (exact) mass is 127 g/mol. The fraction of sp³-hybridized carbons (Fsp3) is 1.00. The number of nitrogens with one attached hydrogen (secondary N) is 1. The maximum absolute atomic E-state index is 5.39. The third-order valence-electron chi connectivity index (χ3n) is 2.40. The van der Waals surface area contributed by atoms with Gasteiger partial charge in [0.25, 0.3) is 0 Å². The molecule has 9 heavy (non-hydrogen) atoms. The quantitative estimate of drug-likeness (QED) is 0.508. The van der Waals surface area contributed by atoms with Gasteiger partial charge in [0.05, 0.1) is 6.61 Å². The van der Waals surface area contributed by atoms with Crippen LogP contribution in [-0.4, -0.2) is 26.3 Å². The zero-order valence-electron chi connectivity index (χ0n) is 5.65. The van der Waals surface area contributed by atoms with Crippen molar-refractivity contribution in [2.24, 2.45) is 5.41 Å². The molecule has 0 atom stereocenters. The van der Waals surface area contributed by atoms with Crippen molar-refractivity contribution >= 4 is 0 Å². The van der Waals surface area contributed by atoms with E-state index in [1.807, 2.05) is 0 Å². The van der Waals surface area contributed by atoms with Crippen LogP contribution in [-0.2, 0) is 4.74 Å². The van der Waals surface area contributed by atoms with Gasteiger partial charge < -0.3 is 10.1 Å². The van der Waals surface area contributed by atoms with Crippen LogP contribution >= 0.6 is 0 Å². The third-order valence-corrected chi connectivity index (χ3v) is 2.40. The van der Waals surface area contributed by atoms with E-state index in [0.717, 1.165) is 13.2 Å². The zero-order valence-corrected chi connectivity index (χ0v) is 5.65. The van der Waals surface area contributed by atoms with Crippen molar-refractivity contribution in [1.82, 2.24) is 5.32 Å². The summed E-state index contributed by atoms with van der Waals surface area (Å²) in [4.78, 5) is 0. The Morgan fingerprint density at radius 1 is 1.33 bits per heavy atom. The first-order valence-electron chi connectivity index (χ1n) is 3.70. The average Bonchev–Trinajstić information content (AvgIpc) is 1.87. The predicted octanol–water partition coefficient (Wildman–Crippen LogP) is 0.386. The van der Waals surface area contributed by atoms with Crippen molar-refractivity contribution in [2.45, 2.75) is 12.8 Å². The smallest absolute Gasteiger partial charge is 0.0546 e. The molecule has 2 fully saturated rings. The lowest BCUT2D eigenvalue weighted by atomic mass is 9.77. The van der Waals surface area contributed by atoms with E-state index in [4.69, 9.17) is 4.74 Å². The summed E-state index contributed by atoms with van der Waals surface area (Å²) in [5, 5.41) is 3.29. The van der Waals surface area contributed by atoms with Crippen LogP contribution in [0, 0.1) is 5.41 Å². The Labute approximate surface area is 55.6 Å². The first-order chi connectivity index (χ1) is 4.41. The van der Waals surface area contributed by atoms with Crippen LogP contribution in [0.5, 0.6) is 0 Å². The molecule has 0 aromatic carbocycles. The van der Waals surface area contributed by atoms with Crippen LogP contribution in [0.25, 0.3) is 0 Å². The van der Waals surface area contributed by atoms with Gasteiger partial charge in [0, 0.05) is 25.1 Å². The summed E-state index contributed by atoms with van der Waals surface area (Å²) in [5.74, 6) is 0. The number of hydrogen-bond donors (Lipinski definition) is 1. The zero-order chi connectivity index (χ0) is 6.16. The van der Waals surface area contributed by atoms with Gasteiger partial charge in [0.2, 0.25) is 0 Å². The van der Waals surface area contributed by atoms with Gasteiger partial charge in [-0.15, -0.1) is 0 Å². The van der Waals surface area contributed by atoms with Crippen molar-refractivity contribution in [3.8, 4) is 0 Å². The van der Waals surface area contributed by atoms with Crippen LogP contribution in [0.2, 0.25) is 0 Å². The van der Waals surface area contributed by atoms with E-state index in [1.165, 1.54) is 25.9 Å². The van der Waals surface area contributed by atoms with Gasteiger partial charge in [-0.2, -0.15) is 0 Å². The lowest BCUT2D eigenvalue weighted by Gasteiger charge is -2.44. The molecule has 2 nitrogen and oxygen atoms in total. The lowest BCUT2D eigenvalue weighted by Crippen LogP contribution is -2.57.